The fraction of sp³-hybridized carbons (Fsp3) is 0.714. The van der Waals surface area contributed by atoms with E-state index in [2.05, 4.69) is 15.0 Å². The SMILES string of the molecule is COCCOCCCCNc1nc(CCC(=O)OC)cs1. The number of anilines is 1. The summed E-state index contributed by atoms with van der Waals surface area (Å²) in [6.45, 7) is 2.93. The molecular formula is C14H24N2O4S. The van der Waals surface area contributed by atoms with Crippen LogP contribution in [-0.2, 0) is 25.4 Å². The Bertz CT molecular complexity index is 398. The van der Waals surface area contributed by atoms with Crippen LogP contribution in [0.2, 0.25) is 0 Å². The molecule has 7 heteroatoms. The highest BCUT2D eigenvalue weighted by atomic mass is 32.1. The molecule has 0 fully saturated rings. The molecule has 1 heterocycles. The third-order valence-corrected chi connectivity index (χ3v) is 3.64. The average Bonchev–Trinajstić information content (AvgIpc) is 2.95. The number of nitrogens with zero attached hydrogens (tertiary/aromatic N) is 1. The number of ether oxygens (including phenoxy) is 3. The van der Waals surface area contributed by atoms with Crippen molar-refractivity contribution in [1.29, 1.82) is 0 Å². The molecule has 0 spiro atoms. The Hall–Kier alpha value is -1.18. The predicted octanol–water partition coefficient (Wildman–Crippen LogP) is 2.10. The summed E-state index contributed by atoms with van der Waals surface area (Å²) in [6, 6.07) is 0. The fourth-order valence-corrected chi connectivity index (χ4v) is 2.38. The number of nitrogens with one attached hydrogen (secondary N) is 1. The van der Waals surface area contributed by atoms with E-state index in [1.54, 1.807) is 18.4 Å². The van der Waals surface area contributed by atoms with E-state index < -0.39 is 0 Å². The second-order valence-corrected chi connectivity index (χ2v) is 5.32. The molecule has 1 aromatic heterocycles. The molecular weight excluding hydrogens is 292 g/mol. The lowest BCUT2D eigenvalue weighted by molar-refractivity contribution is -0.140. The maximum absolute atomic E-state index is 11.0. The van der Waals surface area contributed by atoms with Crippen LogP contribution in [0.3, 0.4) is 0 Å². The first-order valence-corrected chi connectivity index (χ1v) is 7.96. The number of hydrogen-bond donors (Lipinski definition) is 1. The highest BCUT2D eigenvalue weighted by molar-refractivity contribution is 7.13. The average molecular weight is 316 g/mol. The first kappa shape index (κ1) is 17.9. The zero-order chi connectivity index (χ0) is 15.3. The molecule has 0 aliphatic heterocycles. The maximum Gasteiger partial charge on any atom is 0.305 e. The number of unbranched alkanes of at least 4 members (excludes halogenated alkanes) is 1. The summed E-state index contributed by atoms with van der Waals surface area (Å²) < 4.78 is 14.9. The molecule has 120 valence electrons. The minimum Gasteiger partial charge on any atom is -0.469 e. The molecule has 0 aliphatic rings. The maximum atomic E-state index is 11.0. The van der Waals surface area contributed by atoms with Gasteiger partial charge in [0.05, 0.1) is 32.4 Å². The van der Waals surface area contributed by atoms with Crippen molar-refractivity contribution in [3.63, 3.8) is 0 Å². The van der Waals surface area contributed by atoms with Crippen molar-refractivity contribution in [2.75, 3.05) is 45.9 Å². The van der Waals surface area contributed by atoms with Crippen molar-refractivity contribution in [1.82, 2.24) is 4.98 Å². The van der Waals surface area contributed by atoms with E-state index in [0.717, 1.165) is 36.8 Å². The van der Waals surface area contributed by atoms with Gasteiger partial charge in [-0.2, -0.15) is 0 Å². The van der Waals surface area contributed by atoms with Crippen molar-refractivity contribution < 1.29 is 19.0 Å². The van der Waals surface area contributed by atoms with Crippen molar-refractivity contribution >= 4 is 22.4 Å². The topological polar surface area (TPSA) is 69.7 Å². The van der Waals surface area contributed by atoms with Gasteiger partial charge in [-0.15, -0.1) is 11.3 Å². The van der Waals surface area contributed by atoms with Crippen LogP contribution in [0.15, 0.2) is 5.38 Å². The number of thiazole rings is 1. The number of methoxy groups -OCH3 is 2. The molecule has 0 amide bonds. The summed E-state index contributed by atoms with van der Waals surface area (Å²) >= 11 is 1.56. The highest BCUT2D eigenvalue weighted by Gasteiger charge is 2.05. The second kappa shape index (κ2) is 11.5. The first-order chi connectivity index (χ1) is 10.3. The van der Waals surface area contributed by atoms with Crippen molar-refractivity contribution in [2.45, 2.75) is 25.7 Å². The highest BCUT2D eigenvalue weighted by Crippen LogP contribution is 2.16. The van der Waals surface area contributed by atoms with E-state index in [1.807, 2.05) is 5.38 Å². The van der Waals surface area contributed by atoms with Crippen LogP contribution in [-0.4, -0.2) is 51.5 Å². The molecule has 0 saturated carbocycles. The smallest absolute Gasteiger partial charge is 0.305 e. The zero-order valence-electron chi connectivity index (χ0n) is 12.7. The molecule has 0 bridgehead atoms. The van der Waals surface area contributed by atoms with Gasteiger partial charge in [0.15, 0.2) is 5.13 Å². The monoisotopic (exact) mass is 316 g/mol. The fourth-order valence-electron chi connectivity index (χ4n) is 1.60. The van der Waals surface area contributed by atoms with Gasteiger partial charge in [0.1, 0.15) is 0 Å². The molecule has 21 heavy (non-hydrogen) atoms. The number of rotatable bonds is 12. The summed E-state index contributed by atoms with van der Waals surface area (Å²) in [6.07, 6.45) is 3.04. The zero-order valence-corrected chi connectivity index (χ0v) is 13.5. The Morgan fingerprint density at radius 2 is 2.14 bits per heavy atom. The number of aryl methyl sites for hydroxylation is 1. The standard InChI is InChI=1S/C14H24N2O4S/c1-18-9-10-20-8-4-3-7-15-14-16-12(11-21-14)5-6-13(17)19-2/h11H,3-10H2,1-2H3,(H,15,16). The Kier molecular flexibility index (Phi) is 9.77. The van der Waals surface area contributed by atoms with Gasteiger partial charge in [-0.05, 0) is 12.8 Å². The summed E-state index contributed by atoms with van der Waals surface area (Å²) in [7, 11) is 3.07. The van der Waals surface area contributed by atoms with Crippen LogP contribution in [0, 0.1) is 0 Å². The molecule has 0 atom stereocenters. The third kappa shape index (κ3) is 8.64. The number of carbonyl (C=O) groups is 1. The summed E-state index contributed by atoms with van der Waals surface area (Å²) in [5, 5.41) is 6.15. The van der Waals surface area contributed by atoms with Crippen LogP contribution in [0.1, 0.15) is 25.0 Å². The van der Waals surface area contributed by atoms with E-state index in [1.165, 1.54) is 7.11 Å². The number of esters is 1. The van der Waals surface area contributed by atoms with Gasteiger partial charge in [-0.25, -0.2) is 4.98 Å². The van der Waals surface area contributed by atoms with Gasteiger partial charge in [0, 0.05) is 32.1 Å². The van der Waals surface area contributed by atoms with Crippen LogP contribution >= 0.6 is 11.3 Å². The van der Waals surface area contributed by atoms with Crippen LogP contribution < -0.4 is 5.32 Å². The predicted molar refractivity (Wildman–Crippen MR) is 82.9 cm³/mol. The normalized spacial score (nSPS) is 10.6. The van der Waals surface area contributed by atoms with Gasteiger partial charge in [0.2, 0.25) is 0 Å². The van der Waals surface area contributed by atoms with E-state index in [-0.39, 0.29) is 5.97 Å². The van der Waals surface area contributed by atoms with Crippen molar-refractivity contribution in [2.24, 2.45) is 0 Å². The van der Waals surface area contributed by atoms with E-state index in [4.69, 9.17) is 9.47 Å². The molecule has 1 rings (SSSR count). The Morgan fingerprint density at radius 3 is 2.90 bits per heavy atom. The van der Waals surface area contributed by atoms with Crippen LogP contribution in [0.25, 0.3) is 0 Å². The van der Waals surface area contributed by atoms with Gasteiger partial charge in [-0.3, -0.25) is 4.79 Å². The molecule has 1 aromatic rings. The van der Waals surface area contributed by atoms with Crippen LogP contribution in [0.5, 0.6) is 0 Å². The number of hydrogen-bond acceptors (Lipinski definition) is 7. The van der Waals surface area contributed by atoms with E-state index in [0.29, 0.717) is 26.1 Å². The van der Waals surface area contributed by atoms with Gasteiger partial charge >= 0.3 is 5.97 Å². The largest absolute Gasteiger partial charge is 0.469 e. The van der Waals surface area contributed by atoms with Crippen LogP contribution in [0.4, 0.5) is 5.13 Å². The molecule has 0 radical (unpaired) electrons. The molecule has 1 N–H and O–H groups in total. The Morgan fingerprint density at radius 1 is 1.29 bits per heavy atom. The number of carbonyl (C=O) groups excluding carboxylic acids is 1. The Labute approximate surface area is 129 Å². The minimum absolute atomic E-state index is 0.203. The van der Waals surface area contributed by atoms with Gasteiger partial charge in [0.25, 0.3) is 0 Å². The number of aromatic nitrogens is 1. The molecule has 6 nitrogen and oxygen atoms in total. The van der Waals surface area contributed by atoms with Crippen molar-refractivity contribution in [3.8, 4) is 0 Å². The van der Waals surface area contributed by atoms with Gasteiger partial charge in [-0.1, -0.05) is 0 Å². The van der Waals surface area contributed by atoms with E-state index >= 15 is 0 Å². The lowest BCUT2D eigenvalue weighted by Gasteiger charge is -2.04. The molecule has 0 aliphatic carbocycles. The summed E-state index contributed by atoms with van der Waals surface area (Å²) in [5.74, 6) is -0.203. The second-order valence-electron chi connectivity index (χ2n) is 4.46. The van der Waals surface area contributed by atoms with Crippen molar-refractivity contribution in [3.05, 3.63) is 11.1 Å². The Balaban J connectivity index is 2.05. The lowest BCUT2D eigenvalue weighted by atomic mass is 10.2. The summed E-state index contributed by atoms with van der Waals surface area (Å²) in [4.78, 5) is 15.5. The van der Waals surface area contributed by atoms with E-state index in [9.17, 15) is 4.79 Å². The third-order valence-electron chi connectivity index (χ3n) is 2.79. The lowest BCUT2D eigenvalue weighted by Crippen LogP contribution is -2.06. The molecule has 0 saturated heterocycles. The molecule has 0 unspecified atom stereocenters. The van der Waals surface area contributed by atoms with Gasteiger partial charge < -0.3 is 19.5 Å². The minimum atomic E-state index is -0.203. The molecule has 0 aromatic carbocycles. The quantitative estimate of drug-likeness (QED) is 0.470. The summed E-state index contributed by atoms with van der Waals surface area (Å²) in [5.41, 5.74) is 0.927. The first-order valence-electron chi connectivity index (χ1n) is 7.08.